The van der Waals surface area contributed by atoms with Crippen LogP contribution >= 0.6 is 0 Å². The van der Waals surface area contributed by atoms with E-state index in [1.54, 1.807) is 0 Å². The molecule has 106 valence electrons. The summed E-state index contributed by atoms with van der Waals surface area (Å²) in [5, 5.41) is 12.8. The van der Waals surface area contributed by atoms with Gasteiger partial charge in [0.2, 0.25) is 17.9 Å². The topological polar surface area (TPSA) is 115 Å². The highest BCUT2D eigenvalue weighted by molar-refractivity contribution is 5.89. The van der Waals surface area contributed by atoms with Gasteiger partial charge in [-0.05, 0) is 6.07 Å². The number of benzene rings is 1. The van der Waals surface area contributed by atoms with Crippen molar-refractivity contribution in [3.63, 3.8) is 0 Å². The Balaban J connectivity index is 2.12. The molecular weight excluding hydrogens is 269 g/mol. The van der Waals surface area contributed by atoms with Crippen molar-refractivity contribution in [2.75, 3.05) is 0 Å². The minimum absolute atomic E-state index is 0.0633. The molecule has 0 heterocycles. The first-order valence-corrected chi connectivity index (χ1v) is 5.89. The maximum atomic E-state index is 13.6. The first-order valence-electron chi connectivity index (χ1n) is 5.89. The number of carbonyl (C=O) groups is 2. The molecule has 1 aliphatic carbocycles. The van der Waals surface area contributed by atoms with Crippen LogP contribution in [0.2, 0.25) is 0 Å². The van der Waals surface area contributed by atoms with Gasteiger partial charge in [0.25, 0.3) is 0 Å². The molecule has 0 aliphatic heterocycles. The molecule has 7 nitrogen and oxygen atoms in total. The molecule has 3 N–H and O–H groups in total. The lowest BCUT2D eigenvalue weighted by Crippen LogP contribution is -2.39. The summed E-state index contributed by atoms with van der Waals surface area (Å²) < 4.78 is 13.6. The first-order chi connectivity index (χ1) is 9.41. The molecule has 0 radical (unpaired) electrons. The van der Waals surface area contributed by atoms with Crippen molar-refractivity contribution >= 4 is 11.8 Å². The minimum atomic E-state index is -1.34. The average Bonchev–Trinajstić information content (AvgIpc) is 3.16. The summed E-state index contributed by atoms with van der Waals surface area (Å²) in [5.74, 6) is -3.07. The molecule has 0 bridgehead atoms. The molecule has 0 spiro atoms. The molecule has 0 aromatic heterocycles. The lowest BCUT2D eigenvalue weighted by molar-refractivity contribution is -0.497. The van der Waals surface area contributed by atoms with E-state index in [0.717, 1.165) is 6.07 Å². The van der Waals surface area contributed by atoms with Crippen molar-refractivity contribution in [3.8, 4) is 0 Å². The number of nitro groups is 1. The molecule has 1 aromatic carbocycles. The Morgan fingerprint density at radius 3 is 2.60 bits per heavy atom. The fourth-order valence-corrected chi connectivity index (χ4v) is 1.96. The molecule has 1 aliphatic rings. The van der Waals surface area contributed by atoms with Crippen LogP contribution in [0.15, 0.2) is 24.3 Å². The third-order valence-corrected chi connectivity index (χ3v) is 3.15. The van der Waals surface area contributed by atoms with Gasteiger partial charge in [-0.25, -0.2) is 4.39 Å². The Labute approximate surface area is 113 Å². The van der Waals surface area contributed by atoms with Crippen LogP contribution in [0.4, 0.5) is 4.39 Å². The van der Waals surface area contributed by atoms with Crippen LogP contribution in [0.1, 0.15) is 18.0 Å². The van der Waals surface area contributed by atoms with Crippen LogP contribution in [0.3, 0.4) is 0 Å². The second-order valence-electron chi connectivity index (χ2n) is 4.56. The van der Waals surface area contributed by atoms with Crippen molar-refractivity contribution in [2.24, 2.45) is 11.7 Å². The van der Waals surface area contributed by atoms with E-state index in [9.17, 15) is 24.1 Å². The van der Waals surface area contributed by atoms with Gasteiger partial charge in [-0.15, -0.1) is 0 Å². The minimum Gasteiger partial charge on any atom is -0.368 e. The molecule has 8 heteroatoms. The smallest absolute Gasteiger partial charge is 0.244 e. The third-order valence-electron chi connectivity index (χ3n) is 3.15. The van der Waals surface area contributed by atoms with E-state index in [4.69, 9.17) is 5.73 Å². The number of primary amides is 1. The SMILES string of the molecule is NC(=O)[C@H](NC(=O)[C@H]1C[C@H]1[N+](=O)[O-])c1ccccc1F. The quantitative estimate of drug-likeness (QED) is 0.589. The van der Waals surface area contributed by atoms with Crippen molar-refractivity contribution < 1.29 is 18.9 Å². The Morgan fingerprint density at radius 1 is 1.45 bits per heavy atom. The molecule has 1 fully saturated rings. The van der Waals surface area contributed by atoms with Gasteiger partial charge in [-0.3, -0.25) is 19.7 Å². The Morgan fingerprint density at radius 2 is 2.10 bits per heavy atom. The zero-order chi connectivity index (χ0) is 14.9. The van der Waals surface area contributed by atoms with Gasteiger partial charge >= 0.3 is 0 Å². The highest BCUT2D eigenvalue weighted by Gasteiger charge is 2.53. The van der Waals surface area contributed by atoms with Crippen molar-refractivity contribution in [1.82, 2.24) is 5.32 Å². The number of amides is 2. The zero-order valence-electron chi connectivity index (χ0n) is 10.3. The van der Waals surface area contributed by atoms with Crippen LogP contribution in [-0.4, -0.2) is 22.8 Å². The van der Waals surface area contributed by atoms with Crippen LogP contribution in [0, 0.1) is 21.8 Å². The third kappa shape index (κ3) is 2.73. The maximum absolute atomic E-state index is 13.6. The fraction of sp³-hybridized carbons (Fsp3) is 0.333. The Hall–Kier alpha value is -2.51. The summed E-state index contributed by atoms with van der Waals surface area (Å²) in [5.41, 5.74) is 5.08. The molecule has 20 heavy (non-hydrogen) atoms. The number of rotatable bonds is 5. The molecule has 1 aromatic rings. The lowest BCUT2D eigenvalue weighted by atomic mass is 10.1. The summed E-state index contributed by atoms with van der Waals surface area (Å²) >= 11 is 0. The van der Waals surface area contributed by atoms with Gasteiger partial charge in [0.05, 0.1) is 0 Å². The highest BCUT2D eigenvalue weighted by Crippen LogP contribution is 2.33. The van der Waals surface area contributed by atoms with Gasteiger partial charge in [0.1, 0.15) is 17.8 Å². The van der Waals surface area contributed by atoms with E-state index < -0.39 is 40.6 Å². The van der Waals surface area contributed by atoms with E-state index in [1.165, 1.54) is 18.2 Å². The maximum Gasteiger partial charge on any atom is 0.244 e. The van der Waals surface area contributed by atoms with Gasteiger partial charge in [0, 0.05) is 16.9 Å². The predicted octanol–water partition coefficient (Wildman–Crippen LogP) is 0.134. The van der Waals surface area contributed by atoms with E-state index in [-0.39, 0.29) is 12.0 Å². The molecule has 0 unspecified atom stereocenters. The number of hydrogen-bond donors (Lipinski definition) is 2. The van der Waals surface area contributed by atoms with Crippen LogP contribution < -0.4 is 11.1 Å². The standard InChI is InChI=1S/C12H12FN3O4/c13-8-4-2-1-3-6(8)10(11(14)17)15-12(18)7-5-9(7)16(19)20/h1-4,7,9-10H,5H2,(H2,14,17)(H,15,18)/t7-,9+,10+/m0/s1. The Bertz CT molecular complexity index is 578. The number of nitrogens with zero attached hydrogens (tertiary/aromatic N) is 1. The van der Waals surface area contributed by atoms with E-state index >= 15 is 0 Å². The van der Waals surface area contributed by atoms with Gasteiger partial charge < -0.3 is 11.1 Å². The van der Waals surface area contributed by atoms with Gasteiger partial charge in [0.15, 0.2) is 0 Å². The van der Waals surface area contributed by atoms with Crippen molar-refractivity contribution in [2.45, 2.75) is 18.5 Å². The number of hydrogen-bond acceptors (Lipinski definition) is 4. The number of carbonyl (C=O) groups excluding carboxylic acids is 2. The molecule has 1 saturated carbocycles. The van der Waals surface area contributed by atoms with E-state index in [0.29, 0.717) is 0 Å². The summed E-state index contributed by atoms with van der Waals surface area (Å²) in [6.07, 6.45) is 0.113. The van der Waals surface area contributed by atoms with Crippen LogP contribution in [0.5, 0.6) is 0 Å². The predicted molar refractivity (Wildman–Crippen MR) is 65.4 cm³/mol. The Kier molecular flexibility index (Phi) is 3.64. The van der Waals surface area contributed by atoms with Crippen molar-refractivity contribution in [1.29, 1.82) is 0 Å². The second kappa shape index (κ2) is 5.24. The summed E-state index contributed by atoms with van der Waals surface area (Å²) in [7, 11) is 0. The summed E-state index contributed by atoms with van der Waals surface area (Å²) in [6, 6.07) is 3.11. The number of halogens is 1. The van der Waals surface area contributed by atoms with Gasteiger partial charge in [-0.2, -0.15) is 0 Å². The molecule has 2 amide bonds. The fourth-order valence-electron chi connectivity index (χ4n) is 1.96. The number of nitrogens with one attached hydrogen (secondary N) is 1. The molecule has 0 saturated heterocycles. The molecule has 2 rings (SSSR count). The van der Waals surface area contributed by atoms with E-state index in [2.05, 4.69) is 5.32 Å². The highest BCUT2D eigenvalue weighted by atomic mass is 19.1. The van der Waals surface area contributed by atoms with Crippen LogP contribution in [-0.2, 0) is 9.59 Å². The lowest BCUT2D eigenvalue weighted by Gasteiger charge is -2.16. The largest absolute Gasteiger partial charge is 0.368 e. The summed E-state index contributed by atoms with van der Waals surface area (Å²) in [4.78, 5) is 33.1. The normalized spacial score (nSPS) is 21.9. The van der Waals surface area contributed by atoms with E-state index in [1.807, 2.05) is 0 Å². The van der Waals surface area contributed by atoms with Gasteiger partial charge in [-0.1, -0.05) is 18.2 Å². The first kappa shape index (κ1) is 13.9. The number of nitrogens with two attached hydrogens (primary N) is 1. The van der Waals surface area contributed by atoms with Crippen molar-refractivity contribution in [3.05, 3.63) is 45.8 Å². The monoisotopic (exact) mass is 281 g/mol. The molecular formula is C12H12FN3O4. The average molecular weight is 281 g/mol. The second-order valence-corrected chi connectivity index (χ2v) is 4.56. The molecule has 3 atom stereocenters. The van der Waals surface area contributed by atoms with Crippen LogP contribution in [0.25, 0.3) is 0 Å². The summed E-state index contributed by atoms with van der Waals surface area (Å²) in [6.45, 7) is 0. The zero-order valence-corrected chi connectivity index (χ0v) is 10.3.